The largest absolute Gasteiger partial charge is 0.493 e. The van der Waals surface area contributed by atoms with Gasteiger partial charge in [0.1, 0.15) is 0 Å². The van der Waals surface area contributed by atoms with Crippen molar-refractivity contribution in [2.45, 2.75) is 38.3 Å². The highest BCUT2D eigenvalue weighted by atomic mass is 35.5. The van der Waals surface area contributed by atoms with Crippen molar-refractivity contribution in [2.24, 2.45) is 0 Å². The van der Waals surface area contributed by atoms with Gasteiger partial charge in [-0.25, -0.2) is 0 Å². The maximum Gasteiger partial charge on any atom is 0.255 e. The smallest absolute Gasteiger partial charge is 0.255 e. The number of hydrogen-bond acceptors (Lipinski definition) is 5. The average molecular weight is 530 g/mol. The van der Waals surface area contributed by atoms with E-state index in [0.717, 1.165) is 24.1 Å². The van der Waals surface area contributed by atoms with Gasteiger partial charge >= 0.3 is 0 Å². The van der Waals surface area contributed by atoms with Crippen LogP contribution in [-0.2, 0) is 11.2 Å². The summed E-state index contributed by atoms with van der Waals surface area (Å²) in [6.07, 6.45) is 7.06. The van der Waals surface area contributed by atoms with E-state index in [2.05, 4.69) is 39.0 Å². The number of ether oxygens (including phenoxy) is 1. The number of aromatic amines is 1. The molecule has 2 aliphatic rings. The standard InChI is InChI=1S/C29H28ClN5O3/c1-4-24(36)35-17(2)8-10-19(35)11-9-18-16-31-14-12-20(18)26-27(25-22(33-26)13-15-32-29(25)37)34-23-7-5-6-21(30)28(23)38-3/h4-7,12,14,16-17,19,33-34H,1,8,10,13,15H2,2-3H3,(H,32,37)/t17-,19-/m1/s1. The second kappa shape index (κ2) is 10.6. The number of nitrogens with zero attached hydrogens (tertiary/aromatic N) is 2. The second-order valence-electron chi connectivity index (χ2n) is 9.26. The van der Waals surface area contributed by atoms with Gasteiger partial charge in [0.2, 0.25) is 5.91 Å². The predicted octanol–water partition coefficient (Wildman–Crippen LogP) is 4.69. The normalized spacial score (nSPS) is 18.2. The van der Waals surface area contributed by atoms with Crippen molar-refractivity contribution in [3.63, 3.8) is 0 Å². The van der Waals surface area contributed by atoms with Crippen LogP contribution in [0.2, 0.25) is 5.02 Å². The molecular weight excluding hydrogens is 502 g/mol. The lowest BCUT2D eigenvalue weighted by Gasteiger charge is -2.23. The Kier molecular flexibility index (Phi) is 7.12. The molecular formula is C29H28ClN5O3. The number of anilines is 2. The van der Waals surface area contributed by atoms with Gasteiger partial charge in [0.25, 0.3) is 5.91 Å². The molecule has 2 aliphatic heterocycles. The van der Waals surface area contributed by atoms with E-state index in [-0.39, 0.29) is 23.9 Å². The first kappa shape index (κ1) is 25.4. The molecule has 0 saturated carbocycles. The Bertz CT molecular complexity index is 1490. The van der Waals surface area contributed by atoms with Crippen LogP contribution in [0.3, 0.4) is 0 Å². The fraction of sp³-hybridized carbons (Fsp3) is 0.276. The highest BCUT2D eigenvalue weighted by molar-refractivity contribution is 6.32. The molecule has 9 heteroatoms. The summed E-state index contributed by atoms with van der Waals surface area (Å²) in [5.74, 6) is 6.73. The molecule has 0 aliphatic carbocycles. The number of carbonyl (C=O) groups is 2. The van der Waals surface area contributed by atoms with E-state index in [4.69, 9.17) is 16.3 Å². The van der Waals surface area contributed by atoms with Crippen molar-refractivity contribution in [1.82, 2.24) is 20.2 Å². The van der Waals surface area contributed by atoms with Gasteiger partial charge in [0, 0.05) is 42.7 Å². The summed E-state index contributed by atoms with van der Waals surface area (Å²) in [4.78, 5) is 35.0. The fourth-order valence-electron chi connectivity index (χ4n) is 5.13. The Morgan fingerprint density at radius 2 is 2.18 bits per heavy atom. The monoisotopic (exact) mass is 529 g/mol. The molecule has 0 unspecified atom stereocenters. The molecule has 2 aromatic heterocycles. The van der Waals surface area contributed by atoms with Crippen molar-refractivity contribution >= 4 is 34.8 Å². The fourth-order valence-corrected chi connectivity index (χ4v) is 5.38. The van der Waals surface area contributed by atoms with Crippen molar-refractivity contribution in [3.8, 4) is 28.8 Å². The Balaban J connectivity index is 1.61. The summed E-state index contributed by atoms with van der Waals surface area (Å²) in [6.45, 7) is 6.20. The quantitative estimate of drug-likeness (QED) is 0.329. The molecule has 3 N–H and O–H groups in total. The number of carbonyl (C=O) groups excluding carboxylic acids is 2. The van der Waals surface area contributed by atoms with Gasteiger partial charge in [0.15, 0.2) is 5.75 Å². The summed E-state index contributed by atoms with van der Waals surface area (Å²) in [7, 11) is 1.55. The van der Waals surface area contributed by atoms with E-state index < -0.39 is 0 Å². The van der Waals surface area contributed by atoms with E-state index in [0.29, 0.717) is 51.9 Å². The van der Waals surface area contributed by atoms with Crippen molar-refractivity contribution in [1.29, 1.82) is 0 Å². The number of hydrogen-bond donors (Lipinski definition) is 3. The van der Waals surface area contributed by atoms with Crippen molar-refractivity contribution in [2.75, 3.05) is 19.0 Å². The third kappa shape index (κ3) is 4.61. The molecule has 2 amide bonds. The van der Waals surface area contributed by atoms with Gasteiger partial charge in [-0.05, 0) is 44.0 Å². The Morgan fingerprint density at radius 1 is 1.34 bits per heavy atom. The number of rotatable bonds is 5. The first-order valence-corrected chi connectivity index (χ1v) is 12.8. The molecule has 4 heterocycles. The first-order chi connectivity index (χ1) is 18.4. The Labute approximate surface area is 226 Å². The van der Waals surface area contributed by atoms with Crippen molar-refractivity contribution in [3.05, 3.63) is 71.2 Å². The Morgan fingerprint density at radius 3 is 2.97 bits per heavy atom. The van der Waals surface area contributed by atoms with Crippen molar-refractivity contribution < 1.29 is 14.3 Å². The van der Waals surface area contributed by atoms with Crippen LogP contribution >= 0.6 is 11.6 Å². The topological polar surface area (TPSA) is 99.3 Å². The molecule has 0 bridgehead atoms. The van der Waals surface area contributed by atoms with Gasteiger partial charge in [-0.2, -0.15) is 0 Å². The number of likely N-dealkylation sites (tertiary alicyclic amines) is 1. The number of methoxy groups -OCH3 is 1. The molecule has 194 valence electrons. The summed E-state index contributed by atoms with van der Waals surface area (Å²) < 4.78 is 5.53. The SMILES string of the molecule is C=CC(=O)N1[C@H](C)CC[C@@H]1C#Cc1cnccc1-c1[nH]c2c(c1Nc1cccc(Cl)c1OC)C(=O)NCC2. The molecule has 0 spiro atoms. The molecule has 1 fully saturated rings. The molecule has 1 saturated heterocycles. The lowest BCUT2D eigenvalue weighted by atomic mass is 10.0. The number of amides is 2. The van der Waals surface area contributed by atoms with Gasteiger partial charge in [-0.15, -0.1) is 0 Å². The van der Waals surface area contributed by atoms with E-state index in [1.807, 2.05) is 25.1 Å². The van der Waals surface area contributed by atoms with Gasteiger partial charge in [0.05, 0.1) is 46.4 Å². The second-order valence-corrected chi connectivity index (χ2v) is 9.67. The van der Waals surface area contributed by atoms with E-state index in [9.17, 15) is 9.59 Å². The first-order valence-electron chi connectivity index (χ1n) is 12.5. The van der Waals surface area contributed by atoms with Gasteiger partial charge < -0.3 is 25.3 Å². The zero-order chi connectivity index (χ0) is 26.8. The lowest BCUT2D eigenvalue weighted by molar-refractivity contribution is -0.127. The van der Waals surface area contributed by atoms with Crippen LogP contribution in [0.15, 0.2) is 49.3 Å². The molecule has 2 atom stereocenters. The number of para-hydroxylation sites is 1. The summed E-state index contributed by atoms with van der Waals surface area (Å²) in [5, 5.41) is 6.78. The van der Waals surface area contributed by atoms with Crippen LogP contribution < -0.4 is 15.4 Å². The van der Waals surface area contributed by atoms with E-state index in [1.165, 1.54) is 6.08 Å². The highest BCUT2D eigenvalue weighted by Gasteiger charge is 2.32. The minimum atomic E-state index is -0.209. The maximum absolute atomic E-state index is 13.0. The van der Waals surface area contributed by atoms with Crippen LogP contribution in [0.5, 0.6) is 5.75 Å². The number of aromatic nitrogens is 2. The number of fused-ring (bicyclic) bond motifs is 1. The number of H-pyrrole nitrogens is 1. The van der Waals surface area contributed by atoms with Crippen LogP contribution in [-0.4, -0.2) is 52.4 Å². The third-order valence-electron chi connectivity index (χ3n) is 6.96. The molecule has 3 aromatic rings. The molecule has 5 rings (SSSR count). The Hall–Kier alpha value is -4.22. The summed E-state index contributed by atoms with van der Waals surface area (Å²) >= 11 is 6.37. The molecule has 8 nitrogen and oxygen atoms in total. The predicted molar refractivity (Wildman–Crippen MR) is 148 cm³/mol. The number of benzene rings is 1. The lowest BCUT2D eigenvalue weighted by Crippen LogP contribution is -2.38. The van der Waals surface area contributed by atoms with Crippen LogP contribution in [0.1, 0.15) is 41.4 Å². The van der Waals surface area contributed by atoms with Crippen LogP contribution in [0, 0.1) is 11.8 Å². The van der Waals surface area contributed by atoms with E-state index in [1.54, 1.807) is 30.5 Å². The number of halogens is 1. The number of pyridine rings is 1. The van der Waals surface area contributed by atoms with Crippen LogP contribution in [0.25, 0.3) is 11.3 Å². The minimum absolute atomic E-state index is 0.102. The maximum atomic E-state index is 13.0. The van der Waals surface area contributed by atoms with Crippen LogP contribution in [0.4, 0.5) is 11.4 Å². The summed E-state index contributed by atoms with van der Waals surface area (Å²) in [5.41, 5.74) is 4.77. The van der Waals surface area contributed by atoms with E-state index >= 15 is 0 Å². The zero-order valence-electron chi connectivity index (χ0n) is 21.2. The minimum Gasteiger partial charge on any atom is -0.493 e. The molecule has 0 radical (unpaired) electrons. The average Bonchev–Trinajstić information content (AvgIpc) is 3.48. The van der Waals surface area contributed by atoms with Gasteiger partial charge in [-0.1, -0.05) is 36.1 Å². The van der Waals surface area contributed by atoms with Gasteiger partial charge in [-0.3, -0.25) is 14.6 Å². The third-order valence-corrected chi connectivity index (χ3v) is 7.26. The number of nitrogens with one attached hydrogen (secondary N) is 3. The highest BCUT2D eigenvalue weighted by Crippen LogP contribution is 2.41. The summed E-state index contributed by atoms with van der Waals surface area (Å²) in [6, 6.07) is 7.16. The molecule has 38 heavy (non-hydrogen) atoms. The molecule has 1 aromatic carbocycles. The zero-order valence-corrected chi connectivity index (χ0v) is 22.0.